The van der Waals surface area contributed by atoms with E-state index in [9.17, 15) is 14.7 Å². The Morgan fingerprint density at radius 2 is 2.00 bits per heavy atom. The third-order valence-electron chi connectivity index (χ3n) is 4.20. The van der Waals surface area contributed by atoms with Crippen molar-refractivity contribution in [1.29, 1.82) is 0 Å². The molecule has 0 aliphatic heterocycles. The highest BCUT2D eigenvalue weighted by Gasteiger charge is 2.48. The van der Waals surface area contributed by atoms with Gasteiger partial charge in [0.2, 0.25) is 5.91 Å². The fourth-order valence-electron chi connectivity index (χ4n) is 3.30. The van der Waals surface area contributed by atoms with Gasteiger partial charge in [0, 0.05) is 18.1 Å². The lowest BCUT2D eigenvalue weighted by Crippen LogP contribution is -2.44. The normalized spacial score (nSPS) is 30.4. The second-order valence-electron chi connectivity index (χ2n) is 5.36. The SMILES string of the molecule is O=C(NCc1ccccn1)[C@@H]1[C@@H](C(=O)[O-])[C@H]2C=C[C@@H]1C2. The van der Waals surface area contributed by atoms with Crippen molar-refractivity contribution in [3.05, 3.63) is 42.2 Å². The number of hydrogen-bond donors (Lipinski definition) is 1. The molecule has 0 radical (unpaired) electrons. The van der Waals surface area contributed by atoms with Gasteiger partial charge >= 0.3 is 0 Å². The maximum Gasteiger partial charge on any atom is 0.224 e. The molecule has 20 heavy (non-hydrogen) atoms. The smallest absolute Gasteiger partial charge is 0.224 e. The average molecular weight is 271 g/mol. The van der Waals surface area contributed by atoms with Gasteiger partial charge in [0.25, 0.3) is 0 Å². The van der Waals surface area contributed by atoms with Crippen LogP contribution in [0.4, 0.5) is 0 Å². The van der Waals surface area contributed by atoms with Gasteiger partial charge in [0.15, 0.2) is 0 Å². The van der Waals surface area contributed by atoms with Crippen LogP contribution < -0.4 is 10.4 Å². The summed E-state index contributed by atoms with van der Waals surface area (Å²) in [5.74, 6) is -2.60. The summed E-state index contributed by atoms with van der Waals surface area (Å²) in [5.41, 5.74) is 0.754. The van der Waals surface area contributed by atoms with Crippen molar-refractivity contribution in [2.24, 2.45) is 23.7 Å². The van der Waals surface area contributed by atoms with Gasteiger partial charge in [-0.3, -0.25) is 9.78 Å². The molecule has 0 unspecified atom stereocenters. The van der Waals surface area contributed by atoms with Crippen molar-refractivity contribution in [2.75, 3.05) is 0 Å². The van der Waals surface area contributed by atoms with E-state index in [1.807, 2.05) is 24.3 Å². The molecule has 5 heteroatoms. The molecule has 1 fully saturated rings. The molecule has 1 aromatic rings. The number of nitrogens with zero attached hydrogens (tertiary/aromatic N) is 1. The number of amides is 1. The van der Waals surface area contributed by atoms with Gasteiger partial charge in [-0.05, 0) is 30.4 Å². The Balaban J connectivity index is 1.68. The predicted octanol–water partition coefficient (Wildman–Crippen LogP) is -0.114. The second-order valence-corrected chi connectivity index (χ2v) is 5.36. The van der Waals surface area contributed by atoms with Crippen LogP contribution in [0.2, 0.25) is 0 Å². The van der Waals surface area contributed by atoms with Gasteiger partial charge in [-0.15, -0.1) is 0 Å². The molecule has 1 heterocycles. The van der Waals surface area contributed by atoms with Crippen molar-refractivity contribution >= 4 is 11.9 Å². The van der Waals surface area contributed by atoms with Gasteiger partial charge in [0.05, 0.1) is 18.2 Å². The highest BCUT2D eigenvalue weighted by molar-refractivity contribution is 5.86. The molecule has 104 valence electrons. The first-order valence-electron chi connectivity index (χ1n) is 6.73. The number of carbonyl (C=O) groups is 2. The Labute approximate surface area is 116 Å². The Morgan fingerprint density at radius 3 is 2.65 bits per heavy atom. The summed E-state index contributed by atoms with van der Waals surface area (Å²) in [4.78, 5) is 27.6. The highest BCUT2D eigenvalue weighted by Crippen LogP contribution is 2.47. The molecule has 1 amide bonds. The number of pyridine rings is 1. The summed E-state index contributed by atoms with van der Waals surface area (Å²) in [6.45, 7) is 0.317. The molecule has 4 atom stereocenters. The minimum atomic E-state index is -1.13. The molecule has 1 saturated carbocycles. The van der Waals surface area contributed by atoms with E-state index in [-0.39, 0.29) is 17.7 Å². The Bertz CT molecular complexity index is 555. The van der Waals surface area contributed by atoms with E-state index in [4.69, 9.17) is 0 Å². The zero-order chi connectivity index (χ0) is 14.1. The first-order chi connectivity index (χ1) is 9.66. The van der Waals surface area contributed by atoms with Crippen LogP contribution in [-0.2, 0) is 16.1 Å². The van der Waals surface area contributed by atoms with Crippen LogP contribution in [0.25, 0.3) is 0 Å². The van der Waals surface area contributed by atoms with Crippen LogP contribution >= 0.6 is 0 Å². The van der Waals surface area contributed by atoms with E-state index in [2.05, 4.69) is 10.3 Å². The van der Waals surface area contributed by atoms with Crippen LogP contribution in [0, 0.1) is 23.7 Å². The summed E-state index contributed by atoms with van der Waals surface area (Å²) in [7, 11) is 0. The molecule has 2 aliphatic carbocycles. The fraction of sp³-hybridized carbons (Fsp3) is 0.400. The predicted molar refractivity (Wildman–Crippen MR) is 68.8 cm³/mol. The quantitative estimate of drug-likeness (QED) is 0.774. The monoisotopic (exact) mass is 271 g/mol. The maximum atomic E-state index is 12.3. The van der Waals surface area contributed by atoms with Gasteiger partial charge < -0.3 is 15.2 Å². The number of carboxylic acids is 1. The first kappa shape index (κ1) is 12.8. The van der Waals surface area contributed by atoms with Gasteiger partial charge in [-0.25, -0.2) is 0 Å². The molecular formula is C15H15N2O3-. The van der Waals surface area contributed by atoms with Gasteiger partial charge in [-0.2, -0.15) is 0 Å². The van der Waals surface area contributed by atoms with Crippen molar-refractivity contribution in [3.63, 3.8) is 0 Å². The third-order valence-corrected chi connectivity index (χ3v) is 4.20. The number of fused-ring (bicyclic) bond motifs is 2. The number of rotatable bonds is 4. The molecule has 0 spiro atoms. The molecule has 2 aliphatic rings. The third kappa shape index (κ3) is 2.19. The number of nitrogens with one attached hydrogen (secondary N) is 1. The van der Waals surface area contributed by atoms with E-state index in [0.717, 1.165) is 12.1 Å². The summed E-state index contributed by atoms with van der Waals surface area (Å²) < 4.78 is 0. The lowest BCUT2D eigenvalue weighted by atomic mass is 9.82. The zero-order valence-electron chi connectivity index (χ0n) is 10.9. The van der Waals surface area contributed by atoms with Crippen LogP contribution in [0.5, 0.6) is 0 Å². The maximum absolute atomic E-state index is 12.3. The summed E-state index contributed by atoms with van der Waals surface area (Å²) in [5, 5.41) is 14.0. The van der Waals surface area contributed by atoms with Gasteiger partial charge in [0.1, 0.15) is 0 Å². The lowest BCUT2D eigenvalue weighted by molar-refractivity contribution is -0.313. The fourth-order valence-corrected chi connectivity index (χ4v) is 3.30. The van der Waals surface area contributed by atoms with Crippen molar-refractivity contribution in [3.8, 4) is 0 Å². The number of aliphatic carboxylic acids is 1. The number of aromatic nitrogens is 1. The molecular weight excluding hydrogens is 256 g/mol. The Morgan fingerprint density at radius 1 is 1.25 bits per heavy atom. The minimum Gasteiger partial charge on any atom is -0.550 e. The lowest BCUT2D eigenvalue weighted by Gasteiger charge is -2.27. The number of carbonyl (C=O) groups excluding carboxylic acids is 2. The van der Waals surface area contributed by atoms with E-state index in [0.29, 0.717) is 6.54 Å². The summed E-state index contributed by atoms with van der Waals surface area (Å²) in [6.07, 6.45) is 6.24. The topological polar surface area (TPSA) is 82.1 Å². The zero-order valence-corrected chi connectivity index (χ0v) is 10.9. The van der Waals surface area contributed by atoms with Crippen molar-refractivity contribution in [2.45, 2.75) is 13.0 Å². The molecule has 3 rings (SSSR count). The molecule has 0 saturated heterocycles. The van der Waals surface area contributed by atoms with E-state index in [1.165, 1.54) is 0 Å². The molecule has 1 N–H and O–H groups in total. The minimum absolute atomic E-state index is 0.0200. The van der Waals surface area contributed by atoms with Crippen LogP contribution in [0.1, 0.15) is 12.1 Å². The van der Waals surface area contributed by atoms with E-state index in [1.54, 1.807) is 12.3 Å². The van der Waals surface area contributed by atoms with E-state index < -0.39 is 17.8 Å². The molecule has 5 nitrogen and oxygen atoms in total. The number of hydrogen-bond acceptors (Lipinski definition) is 4. The second kappa shape index (κ2) is 5.07. The standard InChI is InChI=1S/C15H16N2O3/c18-14(17-8-11-3-1-2-6-16-11)12-9-4-5-10(7-9)13(12)15(19)20/h1-6,9-10,12-13H,7-8H2,(H,17,18)(H,19,20)/p-1/t9-,10+,12+,13+/m1/s1. The van der Waals surface area contributed by atoms with Crippen LogP contribution in [0.3, 0.4) is 0 Å². The largest absolute Gasteiger partial charge is 0.550 e. The summed E-state index contributed by atoms with van der Waals surface area (Å²) in [6, 6.07) is 5.47. The Kier molecular flexibility index (Phi) is 3.26. The average Bonchev–Trinajstić information content (AvgIpc) is 3.06. The Hall–Kier alpha value is -2.17. The molecule has 0 aromatic carbocycles. The van der Waals surface area contributed by atoms with Gasteiger partial charge in [-0.1, -0.05) is 18.2 Å². The van der Waals surface area contributed by atoms with Crippen LogP contribution in [-0.4, -0.2) is 16.9 Å². The number of carboxylic acid groups (broad SMARTS) is 1. The van der Waals surface area contributed by atoms with Crippen molar-refractivity contribution in [1.82, 2.24) is 10.3 Å². The summed E-state index contributed by atoms with van der Waals surface area (Å²) >= 11 is 0. The highest BCUT2D eigenvalue weighted by atomic mass is 16.4. The number of allylic oxidation sites excluding steroid dienone is 2. The van der Waals surface area contributed by atoms with E-state index >= 15 is 0 Å². The molecule has 1 aromatic heterocycles. The van der Waals surface area contributed by atoms with Crippen LogP contribution in [0.15, 0.2) is 36.5 Å². The van der Waals surface area contributed by atoms with Crippen molar-refractivity contribution < 1.29 is 14.7 Å². The first-order valence-corrected chi connectivity index (χ1v) is 6.73. The molecule has 2 bridgehead atoms.